The van der Waals surface area contributed by atoms with Crippen molar-refractivity contribution in [2.24, 2.45) is 0 Å². The van der Waals surface area contributed by atoms with E-state index in [1.165, 1.54) is 129 Å². The number of hydrogen-bond donors (Lipinski definition) is 1. The molecule has 0 radical (unpaired) electrons. The first kappa shape index (κ1) is 28.4. The number of rotatable bonds is 21. The Kier molecular flexibility index (Phi) is 27.6. The highest BCUT2D eigenvalue weighted by molar-refractivity contribution is 5.85. The summed E-state index contributed by atoms with van der Waals surface area (Å²) in [5, 5.41) is 3.56. The molecule has 0 aromatic heterocycles. The zero-order valence-electron chi connectivity index (χ0n) is 18.5. The van der Waals surface area contributed by atoms with E-state index < -0.39 is 0 Å². The van der Waals surface area contributed by atoms with Gasteiger partial charge in [0.2, 0.25) is 0 Å². The molecule has 0 fully saturated rings. The highest BCUT2D eigenvalue weighted by atomic mass is 35.5. The highest BCUT2D eigenvalue weighted by Crippen LogP contribution is 2.13. The van der Waals surface area contributed by atoms with E-state index in [9.17, 15) is 0 Å². The van der Waals surface area contributed by atoms with Crippen molar-refractivity contribution in [2.75, 3.05) is 33.7 Å². The SMILES string of the molecule is CCCCCCCCCCCCCCCCCCNCCCN(C)C.Cl. The molecule has 0 aromatic rings. The van der Waals surface area contributed by atoms with Crippen LogP contribution in [-0.2, 0) is 0 Å². The largest absolute Gasteiger partial charge is 0.317 e. The second-order valence-corrected chi connectivity index (χ2v) is 8.21. The van der Waals surface area contributed by atoms with Gasteiger partial charge in [0.25, 0.3) is 0 Å². The van der Waals surface area contributed by atoms with Crippen molar-refractivity contribution in [3.63, 3.8) is 0 Å². The van der Waals surface area contributed by atoms with Gasteiger partial charge in [-0.25, -0.2) is 0 Å². The van der Waals surface area contributed by atoms with Gasteiger partial charge in [-0.1, -0.05) is 103 Å². The maximum atomic E-state index is 3.56. The molecule has 0 heterocycles. The van der Waals surface area contributed by atoms with E-state index in [0.29, 0.717) is 0 Å². The van der Waals surface area contributed by atoms with Crippen molar-refractivity contribution in [1.82, 2.24) is 10.2 Å². The summed E-state index contributed by atoms with van der Waals surface area (Å²) in [5.41, 5.74) is 0. The molecule has 0 saturated carbocycles. The molecule has 0 aromatic carbocycles. The van der Waals surface area contributed by atoms with Gasteiger partial charge in [0.15, 0.2) is 0 Å². The Bertz CT molecular complexity index is 234. The molecule has 160 valence electrons. The van der Waals surface area contributed by atoms with Crippen molar-refractivity contribution in [3.8, 4) is 0 Å². The average molecular weight is 391 g/mol. The van der Waals surface area contributed by atoms with Crippen LogP contribution in [0.2, 0.25) is 0 Å². The van der Waals surface area contributed by atoms with Gasteiger partial charge in [0.05, 0.1) is 0 Å². The summed E-state index contributed by atoms with van der Waals surface area (Å²) in [6.45, 7) is 5.89. The maximum absolute atomic E-state index is 3.56. The van der Waals surface area contributed by atoms with E-state index in [-0.39, 0.29) is 12.4 Å². The second-order valence-electron chi connectivity index (χ2n) is 8.21. The normalized spacial score (nSPS) is 11.1. The van der Waals surface area contributed by atoms with E-state index in [4.69, 9.17) is 0 Å². The number of halogens is 1. The monoisotopic (exact) mass is 390 g/mol. The molecule has 0 bridgehead atoms. The molecule has 0 amide bonds. The van der Waals surface area contributed by atoms with E-state index >= 15 is 0 Å². The summed E-state index contributed by atoms with van der Waals surface area (Å²) in [6, 6.07) is 0. The molecule has 0 saturated heterocycles. The fraction of sp³-hybridized carbons (Fsp3) is 1.00. The first-order valence-corrected chi connectivity index (χ1v) is 11.6. The predicted octanol–water partition coefficient (Wildman–Crippen LogP) is 7.21. The van der Waals surface area contributed by atoms with Gasteiger partial charge >= 0.3 is 0 Å². The van der Waals surface area contributed by atoms with Gasteiger partial charge < -0.3 is 10.2 Å². The second kappa shape index (κ2) is 25.2. The fourth-order valence-electron chi connectivity index (χ4n) is 3.44. The van der Waals surface area contributed by atoms with Gasteiger partial charge in [0.1, 0.15) is 0 Å². The molecule has 0 atom stereocenters. The van der Waals surface area contributed by atoms with Crippen molar-refractivity contribution < 1.29 is 0 Å². The van der Waals surface area contributed by atoms with E-state index in [2.05, 4.69) is 31.2 Å². The lowest BCUT2D eigenvalue weighted by molar-refractivity contribution is 0.393. The lowest BCUT2D eigenvalue weighted by atomic mass is 10.0. The van der Waals surface area contributed by atoms with Crippen LogP contribution in [0.4, 0.5) is 0 Å². The zero-order chi connectivity index (χ0) is 18.4. The highest BCUT2D eigenvalue weighted by Gasteiger charge is 1.95. The Labute approximate surface area is 172 Å². The van der Waals surface area contributed by atoms with Crippen molar-refractivity contribution >= 4 is 12.4 Å². The average Bonchev–Trinajstić information content (AvgIpc) is 2.60. The molecule has 3 heteroatoms. The van der Waals surface area contributed by atoms with Crippen LogP contribution in [0.25, 0.3) is 0 Å². The van der Waals surface area contributed by atoms with E-state index in [1.54, 1.807) is 0 Å². The van der Waals surface area contributed by atoms with Crippen molar-refractivity contribution in [2.45, 2.75) is 116 Å². The third kappa shape index (κ3) is 26.4. The smallest absolute Gasteiger partial charge is 0.00127 e. The standard InChI is InChI=1S/C23H50N2.ClH/c1-4-5-6-7-8-9-10-11-12-13-14-15-16-17-18-19-21-24-22-20-23-25(2)3;/h24H,4-23H2,1-3H3;1H. The molecule has 26 heavy (non-hydrogen) atoms. The molecule has 0 unspecified atom stereocenters. The summed E-state index contributed by atoms with van der Waals surface area (Å²) in [7, 11) is 4.30. The number of nitrogens with one attached hydrogen (secondary N) is 1. The quantitative estimate of drug-likeness (QED) is 0.208. The maximum Gasteiger partial charge on any atom is -0.00127 e. The number of hydrogen-bond acceptors (Lipinski definition) is 2. The fourth-order valence-corrected chi connectivity index (χ4v) is 3.44. The Hall–Kier alpha value is 0.210. The Morgan fingerprint density at radius 1 is 0.500 bits per heavy atom. The van der Waals surface area contributed by atoms with E-state index in [1.807, 2.05) is 0 Å². The van der Waals surface area contributed by atoms with Gasteiger partial charge in [-0.2, -0.15) is 0 Å². The summed E-state index contributed by atoms with van der Waals surface area (Å²) in [5.74, 6) is 0. The van der Waals surface area contributed by atoms with Crippen LogP contribution in [0, 0.1) is 0 Å². The minimum atomic E-state index is 0. The van der Waals surface area contributed by atoms with Gasteiger partial charge in [-0.05, 0) is 46.6 Å². The zero-order valence-corrected chi connectivity index (χ0v) is 19.3. The number of nitrogens with zero attached hydrogens (tertiary/aromatic N) is 1. The van der Waals surface area contributed by atoms with Crippen LogP contribution < -0.4 is 5.32 Å². The Morgan fingerprint density at radius 3 is 1.23 bits per heavy atom. The van der Waals surface area contributed by atoms with Crippen LogP contribution in [0.15, 0.2) is 0 Å². The summed E-state index contributed by atoms with van der Waals surface area (Å²) >= 11 is 0. The molecular formula is C23H51ClN2. The molecule has 2 nitrogen and oxygen atoms in total. The first-order chi connectivity index (χ1) is 12.3. The minimum absolute atomic E-state index is 0. The Morgan fingerprint density at radius 2 is 0.846 bits per heavy atom. The molecule has 0 aliphatic carbocycles. The summed E-state index contributed by atoms with van der Waals surface area (Å²) < 4.78 is 0. The molecule has 0 spiro atoms. The molecular weight excluding hydrogens is 340 g/mol. The van der Waals surface area contributed by atoms with Gasteiger partial charge in [-0.15, -0.1) is 12.4 Å². The van der Waals surface area contributed by atoms with Crippen LogP contribution in [0.3, 0.4) is 0 Å². The Balaban J connectivity index is 0. The minimum Gasteiger partial charge on any atom is -0.317 e. The molecule has 0 rings (SSSR count). The van der Waals surface area contributed by atoms with Gasteiger partial charge in [0, 0.05) is 0 Å². The van der Waals surface area contributed by atoms with Crippen molar-refractivity contribution in [1.29, 1.82) is 0 Å². The van der Waals surface area contributed by atoms with Crippen LogP contribution >= 0.6 is 12.4 Å². The van der Waals surface area contributed by atoms with Gasteiger partial charge in [-0.3, -0.25) is 0 Å². The van der Waals surface area contributed by atoms with Crippen LogP contribution in [0.1, 0.15) is 116 Å². The predicted molar refractivity (Wildman–Crippen MR) is 123 cm³/mol. The van der Waals surface area contributed by atoms with Crippen molar-refractivity contribution in [3.05, 3.63) is 0 Å². The lowest BCUT2D eigenvalue weighted by Gasteiger charge is -2.09. The van der Waals surface area contributed by atoms with E-state index in [0.717, 1.165) is 0 Å². The summed E-state index contributed by atoms with van der Waals surface area (Å²) in [4.78, 5) is 2.26. The topological polar surface area (TPSA) is 15.3 Å². The summed E-state index contributed by atoms with van der Waals surface area (Å²) in [6.07, 6.45) is 24.5. The third-order valence-electron chi connectivity index (χ3n) is 5.17. The number of unbranched alkanes of at least 4 members (excludes halogenated alkanes) is 15. The first-order valence-electron chi connectivity index (χ1n) is 11.6. The molecule has 0 aliphatic heterocycles. The molecule has 0 aliphatic rings. The third-order valence-corrected chi connectivity index (χ3v) is 5.17. The van der Waals surface area contributed by atoms with Crippen LogP contribution in [0.5, 0.6) is 0 Å². The molecule has 1 N–H and O–H groups in total. The van der Waals surface area contributed by atoms with Crippen LogP contribution in [-0.4, -0.2) is 38.6 Å². The lowest BCUT2D eigenvalue weighted by Crippen LogP contribution is -2.22.